The van der Waals surface area contributed by atoms with Gasteiger partial charge in [-0.05, 0) is 30.5 Å². The molecule has 0 radical (unpaired) electrons. The Balaban J connectivity index is 1.83. The van der Waals surface area contributed by atoms with Gasteiger partial charge in [0.15, 0.2) is 0 Å². The largest absolute Gasteiger partial charge is 0.493 e. The fourth-order valence-electron chi connectivity index (χ4n) is 2.88. The maximum atomic E-state index is 6.36. The highest BCUT2D eigenvalue weighted by atomic mass is 16.5. The molecule has 3 unspecified atom stereocenters. The molecule has 0 bridgehead atoms. The lowest BCUT2D eigenvalue weighted by Gasteiger charge is -2.22. The number of hydrogen-bond donors (Lipinski definition) is 1. The third-order valence-corrected chi connectivity index (χ3v) is 3.99. The van der Waals surface area contributed by atoms with Crippen LogP contribution >= 0.6 is 0 Å². The molecule has 2 aliphatic heterocycles. The van der Waals surface area contributed by atoms with Crippen LogP contribution in [0.5, 0.6) is 5.75 Å². The first-order valence-corrected chi connectivity index (χ1v) is 6.38. The zero-order valence-corrected chi connectivity index (χ0v) is 10.2. The monoisotopic (exact) mass is 233 g/mol. The van der Waals surface area contributed by atoms with Crippen LogP contribution in [0.2, 0.25) is 0 Å². The lowest BCUT2D eigenvalue weighted by Crippen LogP contribution is -2.26. The van der Waals surface area contributed by atoms with Crippen LogP contribution in [0.25, 0.3) is 0 Å². The Morgan fingerprint density at radius 2 is 2.24 bits per heavy atom. The molecule has 3 atom stereocenters. The van der Waals surface area contributed by atoms with Crippen LogP contribution in [0, 0.1) is 5.92 Å². The second kappa shape index (κ2) is 4.31. The number of benzene rings is 1. The molecule has 1 aromatic rings. The van der Waals surface area contributed by atoms with Crippen molar-refractivity contribution in [2.24, 2.45) is 11.7 Å². The fraction of sp³-hybridized carbons (Fsp3) is 0.571. The number of nitrogens with two attached hydrogens (primary N) is 1. The predicted octanol–water partition coefficient (Wildman–Crippen LogP) is 2.05. The average molecular weight is 233 g/mol. The van der Waals surface area contributed by atoms with Crippen LogP contribution in [-0.2, 0) is 11.2 Å². The van der Waals surface area contributed by atoms with Crippen LogP contribution in [-0.4, -0.2) is 19.3 Å². The molecule has 3 nitrogen and oxygen atoms in total. The van der Waals surface area contributed by atoms with E-state index in [0.29, 0.717) is 5.92 Å². The van der Waals surface area contributed by atoms with Gasteiger partial charge in [-0.2, -0.15) is 0 Å². The number of ether oxygens (including phenoxy) is 2. The Labute approximate surface area is 102 Å². The first-order valence-electron chi connectivity index (χ1n) is 6.38. The third kappa shape index (κ3) is 1.94. The Kier molecular flexibility index (Phi) is 2.81. The SMILES string of the molecule is CC1OCCC1C(N)c1ccc2c(c1)CCO2. The second-order valence-electron chi connectivity index (χ2n) is 5.02. The molecule has 1 fully saturated rings. The summed E-state index contributed by atoms with van der Waals surface area (Å²) in [5.41, 5.74) is 8.88. The molecular weight excluding hydrogens is 214 g/mol. The molecule has 2 heterocycles. The summed E-state index contributed by atoms with van der Waals surface area (Å²) in [6, 6.07) is 6.44. The van der Waals surface area contributed by atoms with Crippen molar-refractivity contribution in [2.45, 2.75) is 31.9 Å². The summed E-state index contributed by atoms with van der Waals surface area (Å²) in [6.45, 7) is 3.76. The molecule has 2 aliphatic rings. The van der Waals surface area contributed by atoms with Gasteiger partial charge in [-0.15, -0.1) is 0 Å². The molecule has 0 amide bonds. The van der Waals surface area contributed by atoms with Crippen molar-refractivity contribution in [1.82, 2.24) is 0 Å². The molecule has 3 rings (SSSR count). The van der Waals surface area contributed by atoms with E-state index in [-0.39, 0.29) is 12.1 Å². The summed E-state index contributed by atoms with van der Waals surface area (Å²) in [4.78, 5) is 0. The van der Waals surface area contributed by atoms with Crippen molar-refractivity contribution >= 4 is 0 Å². The standard InChI is InChI=1S/C14H19NO2/c1-9-12(5-7-16-9)14(15)11-2-3-13-10(8-11)4-6-17-13/h2-3,8-9,12,14H,4-7,15H2,1H3. The van der Waals surface area contributed by atoms with E-state index in [1.807, 2.05) is 0 Å². The zero-order chi connectivity index (χ0) is 11.8. The van der Waals surface area contributed by atoms with E-state index in [2.05, 4.69) is 25.1 Å². The zero-order valence-electron chi connectivity index (χ0n) is 10.2. The van der Waals surface area contributed by atoms with Crippen molar-refractivity contribution in [3.8, 4) is 5.75 Å². The van der Waals surface area contributed by atoms with Crippen LogP contribution in [0.1, 0.15) is 30.5 Å². The summed E-state index contributed by atoms with van der Waals surface area (Å²) in [5.74, 6) is 1.46. The Morgan fingerprint density at radius 1 is 1.35 bits per heavy atom. The average Bonchev–Trinajstić information content (AvgIpc) is 2.95. The third-order valence-electron chi connectivity index (χ3n) is 3.99. The Morgan fingerprint density at radius 3 is 3.00 bits per heavy atom. The van der Waals surface area contributed by atoms with Crippen LogP contribution in [0.4, 0.5) is 0 Å². The van der Waals surface area contributed by atoms with Crippen molar-refractivity contribution in [2.75, 3.05) is 13.2 Å². The van der Waals surface area contributed by atoms with E-state index in [4.69, 9.17) is 15.2 Å². The van der Waals surface area contributed by atoms with Crippen LogP contribution in [0.3, 0.4) is 0 Å². The van der Waals surface area contributed by atoms with Gasteiger partial charge in [-0.25, -0.2) is 0 Å². The van der Waals surface area contributed by atoms with Crippen LogP contribution in [0.15, 0.2) is 18.2 Å². The van der Waals surface area contributed by atoms with Gasteiger partial charge in [0.2, 0.25) is 0 Å². The summed E-state index contributed by atoms with van der Waals surface area (Å²) in [7, 11) is 0. The highest BCUT2D eigenvalue weighted by Gasteiger charge is 2.31. The molecule has 0 aromatic heterocycles. The van der Waals surface area contributed by atoms with Gasteiger partial charge in [-0.3, -0.25) is 0 Å². The fourth-order valence-corrected chi connectivity index (χ4v) is 2.88. The predicted molar refractivity (Wildman–Crippen MR) is 66.1 cm³/mol. The Bertz CT molecular complexity index is 419. The van der Waals surface area contributed by atoms with E-state index in [9.17, 15) is 0 Å². The van der Waals surface area contributed by atoms with E-state index < -0.39 is 0 Å². The van der Waals surface area contributed by atoms with Gasteiger partial charge in [-0.1, -0.05) is 12.1 Å². The molecule has 1 saturated heterocycles. The molecule has 0 aliphatic carbocycles. The minimum Gasteiger partial charge on any atom is -0.493 e. The molecule has 0 spiro atoms. The molecule has 1 aromatic carbocycles. The first kappa shape index (κ1) is 11.1. The quantitative estimate of drug-likeness (QED) is 0.850. The van der Waals surface area contributed by atoms with Crippen molar-refractivity contribution in [3.63, 3.8) is 0 Å². The maximum absolute atomic E-state index is 6.36. The highest BCUT2D eigenvalue weighted by molar-refractivity contribution is 5.41. The summed E-state index contributed by atoms with van der Waals surface area (Å²) in [5, 5.41) is 0. The van der Waals surface area contributed by atoms with Gasteiger partial charge in [0.05, 0.1) is 12.7 Å². The van der Waals surface area contributed by atoms with Gasteiger partial charge >= 0.3 is 0 Å². The lowest BCUT2D eigenvalue weighted by atomic mass is 9.88. The summed E-state index contributed by atoms with van der Waals surface area (Å²) < 4.78 is 11.1. The van der Waals surface area contributed by atoms with E-state index in [1.54, 1.807) is 0 Å². The molecule has 92 valence electrons. The molecule has 3 heteroatoms. The molecule has 0 saturated carbocycles. The van der Waals surface area contributed by atoms with E-state index >= 15 is 0 Å². The van der Waals surface area contributed by atoms with Crippen LogP contribution < -0.4 is 10.5 Å². The summed E-state index contributed by atoms with van der Waals surface area (Å²) in [6.07, 6.45) is 2.34. The number of hydrogen-bond acceptors (Lipinski definition) is 3. The molecule has 17 heavy (non-hydrogen) atoms. The Hall–Kier alpha value is -1.06. The normalized spacial score (nSPS) is 28.8. The van der Waals surface area contributed by atoms with Gasteiger partial charge in [0.1, 0.15) is 5.75 Å². The highest BCUT2D eigenvalue weighted by Crippen LogP contribution is 2.34. The minimum atomic E-state index is 0.0819. The summed E-state index contributed by atoms with van der Waals surface area (Å²) >= 11 is 0. The van der Waals surface area contributed by atoms with E-state index in [0.717, 1.165) is 31.8 Å². The smallest absolute Gasteiger partial charge is 0.122 e. The van der Waals surface area contributed by atoms with Crippen molar-refractivity contribution < 1.29 is 9.47 Å². The topological polar surface area (TPSA) is 44.5 Å². The van der Waals surface area contributed by atoms with Gasteiger partial charge in [0.25, 0.3) is 0 Å². The number of fused-ring (bicyclic) bond motifs is 1. The van der Waals surface area contributed by atoms with E-state index in [1.165, 1.54) is 11.1 Å². The van der Waals surface area contributed by atoms with Crippen molar-refractivity contribution in [1.29, 1.82) is 0 Å². The molecule has 2 N–H and O–H groups in total. The minimum absolute atomic E-state index is 0.0819. The lowest BCUT2D eigenvalue weighted by molar-refractivity contribution is 0.0995. The van der Waals surface area contributed by atoms with Gasteiger partial charge < -0.3 is 15.2 Å². The molecular formula is C14H19NO2. The second-order valence-corrected chi connectivity index (χ2v) is 5.02. The first-order chi connectivity index (χ1) is 8.25. The maximum Gasteiger partial charge on any atom is 0.122 e. The number of rotatable bonds is 2. The van der Waals surface area contributed by atoms with Gasteiger partial charge in [0, 0.05) is 25.0 Å². The van der Waals surface area contributed by atoms with Crippen molar-refractivity contribution in [3.05, 3.63) is 29.3 Å².